The molecule has 1 aromatic carbocycles. The number of rotatable bonds is 2. The Balaban J connectivity index is 1.97. The van der Waals surface area contributed by atoms with Crippen LogP contribution in [0.1, 0.15) is 22.3 Å². The predicted octanol–water partition coefficient (Wildman–Crippen LogP) is -0.414. The molecule has 0 aromatic heterocycles. The summed E-state index contributed by atoms with van der Waals surface area (Å²) in [6.07, 6.45) is -0.421. The number of halogens is 1. The molecule has 3 aliphatic rings. The molecular formula is C21H21FN2O7. The van der Waals surface area contributed by atoms with Crippen LogP contribution in [-0.2, 0) is 20.8 Å². The van der Waals surface area contributed by atoms with E-state index in [4.69, 9.17) is 5.73 Å². The van der Waals surface area contributed by atoms with Crippen molar-refractivity contribution in [2.45, 2.75) is 30.2 Å². The first-order valence-corrected chi connectivity index (χ1v) is 9.64. The van der Waals surface area contributed by atoms with Crippen molar-refractivity contribution in [3.05, 3.63) is 40.7 Å². The monoisotopic (exact) mass is 432 g/mol. The van der Waals surface area contributed by atoms with E-state index in [1.54, 1.807) is 0 Å². The summed E-state index contributed by atoms with van der Waals surface area (Å²) in [5.41, 5.74) is -2.13. The number of phenols is 1. The Morgan fingerprint density at radius 1 is 1.23 bits per heavy atom. The fourth-order valence-corrected chi connectivity index (χ4v) is 5.36. The van der Waals surface area contributed by atoms with Crippen LogP contribution in [0.5, 0.6) is 5.75 Å². The van der Waals surface area contributed by atoms with Crippen LogP contribution in [-0.4, -0.2) is 74.9 Å². The number of fused-ring (bicyclic) bond motifs is 3. The van der Waals surface area contributed by atoms with Crippen molar-refractivity contribution in [1.82, 2.24) is 4.90 Å². The molecule has 4 rings (SSSR count). The molecule has 0 aliphatic heterocycles. The zero-order valence-electron chi connectivity index (χ0n) is 16.8. The minimum atomic E-state index is -3.27. The molecule has 0 bridgehead atoms. The number of hydrogen-bond donors (Lipinski definition) is 4. The topological polar surface area (TPSA) is 158 Å². The van der Waals surface area contributed by atoms with Gasteiger partial charge in [-0.2, -0.15) is 0 Å². The molecule has 1 saturated carbocycles. The van der Waals surface area contributed by atoms with E-state index >= 15 is 4.39 Å². The Kier molecular flexibility index (Phi) is 4.39. The van der Waals surface area contributed by atoms with Gasteiger partial charge in [0.25, 0.3) is 5.91 Å². The van der Waals surface area contributed by atoms with Crippen LogP contribution < -0.4 is 5.73 Å². The SMILES string of the molecule is CN(C)[C@@H]1C(=O)C(C(N)=O)=C(O)[C@@]2(O)C(=O)C3(F)C(=O)c4c(O)cccc4CC3CC12. The highest BCUT2D eigenvalue weighted by atomic mass is 19.1. The molecule has 3 aliphatic carbocycles. The highest BCUT2D eigenvalue weighted by Crippen LogP contribution is 2.54. The number of carbonyl (C=O) groups excluding carboxylic acids is 4. The zero-order chi connectivity index (χ0) is 23.0. The molecule has 0 saturated heterocycles. The van der Waals surface area contributed by atoms with E-state index in [1.807, 2.05) is 0 Å². The maximum absolute atomic E-state index is 16.3. The van der Waals surface area contributed by atoms with Gasteiger partial charge < -0.3 is 21.1 Å². The molecule has 5 N–H and O–H groups in total. The summed E-state index contributed by atoms with van der Waals surface area (Å²) in [7, 11) is 2.93. The van der Waals surface area contributed by atoms with E-state index in [1.165, 1.54) is 37.2 Å². The molecule has 3 unspecified atom stereocenters. The number of alkyl halides is 1. The van der Waals surface area contributed by atoms with E-state index in [0.717, 1.165) is 0 Å². The van der Waals surface area contributed by atoms with Gasteiger partial charge >= 0.3 is 0 Å². The molecule has 1 amide bonds. The van der Waals surface area contributed by atoms with Crippen LogP contribution >= 0.6 is 0 Å². The van der Waals surface area contributed by atoms with Gasteiger partial charge in [0.1, 0.15) is 17.1 Å². The lowest BCUT2D eigenvalue weighted by Crippen LogP contribution is -2.73. The van der Waals surface area contributed by atoms with Crippen molar-refractivity contribution in [2.24, 2.45) is 17.6 Å². The highest BCUT2D eigenvalue weighted by Gasteiger charge is 2.72. The normalized spacial score (nSPS) is 35.0. The van der Waals surface area contributed by atoms with Gasteiger partial charge in [-0.05, 0) is 38.6 Å². The zero-order valence-corrected chi connectivity index (χ0v) is 16.8. The summed E-state index contributed by atoms with van der Waals surface area (Å²) in [5.74, 6) is -9.72. The number of aromatic hydroxyl groups is 1. The number of aliphatic hydroxyl groups excluding tert-OH is 1. The number of aliphatic hydroxyl groups is 2. The molecule has 0 heterocycles. The second-order valence-electron chi connectivity index (χ2n) is 8.55. The largest absolute Gasteiger partial charge is 0.508 e. The van der Waals surface area contributed by atoms with Crippen molar-refractivity contribution in [1.29, 1.82) is 0 Å². The van der Waals surface area contributed by atoms with Crippen molar-refractivity contribution in [2.75, 3.05) is 14.1 Å². The van der Waals surface area contributed by atoms with Gasteiger partial charge in [0.15, 0.2) is 11.4 Å². The van der Waals surface area contributed by atoms with Crippen LogP contribution in [0.2, 0.25) is 0 Å². The lowest BCUT2D eigenvalue weighted by molar-refractivity contribution is -0.174. The summed E-state index contributed by atoms with van der Waals surface area (Å²) in [6, 6.07) is 2.91. The molecule has 0 spiro atoms. The van der Waals surface area contributed by atoms with Crippen LogP contribution in [0.15, 0.2) is 29.5 Å². The van der Waals surface area contributed by atoms with Gasteiger partial charge in [0.2, 0.25) is 17.2 Å². The smallest absolute Gasteiger partial charge is 0.255 e. The number of ketones is 3. The van der Waals surface area contributed by atoms with Gasteiger partial charge in [-0.25, -0.2) is 4.39 Å². The Morgan fingerprint density at radius 3 is 2.45 bits per heavy atom. The number of likely N-dealkylation sites (N-methyl/N-ethyl adjacent to an activating group) is 1. The standard InChI is InChI=1S/C21H21FN2O7/c1-24(2)14-10-7-9-6-8-4-3-5-11(25)12(8)16(27)20(9,22)19(30)21(10,31)17(28)13(15(14)26)18(23)29/h3-5,9-10,14,25,28,31H,6-7H2,1-2H3,(H2,23,29)/t9?,10?,14-,20?,21+/m0/s1. The lowest BCUT2D eigenvalue weighted by Gasteiger charge is -2.53. The molecule has 0 radical (unpaired) electrons. The van der Waals surface area contributed by atoms with Crippen molar-refractivity contribution >= 4 is 23.3 Å². The van der Waals surface area contributed by atoms with Crippen LogP contribution in [0, 0.1) is 11.8 Å². The number of hydrogen-bond acceptors (Lipinski definition) is 8. The van der Waals surface area contributed by atoms with Crippen molar-refractivity contribution < 1.29 is 38.9 Å². The second kappa shape index (κ2) is 6.44. The summed E-state index contributed by atoms with van der Waals surface area (Å²) < 4.78 is 16.3. The summed E-state index contributed by atoms with van der Waals surface area (Å²) in [5, 5.41) is 32.0. The van der Waals surface area contributed by atoms with Gasteiger partial charge in [-0.1, -0.05) is 12.1 Å². The maximum atomic E-state index is 16.3. The molecule has 1 fully saturated rings. The number of Topliss-reactive ketones (excluding diaryl/α,β-unsaturated/α-hetero) is 3. The van der Waals surface area contributed by atoms with E-state index in [-0.39, 0.29) is 18.4 Å². The molecule has 5 atom stereocenters. The van der Waals surface area contributed by atoms with Gasteiger partial charge in [-0.15, -0.1) is 0 Å². The quantitative estimate of drug-likeness (QED) is 0.363. The fourth-order valence-electron chi connectivity index (χ4n) is 5.36. The lowest BCUT2D eigenvalue weighted by atomic mass is 9.53. The predicted molar refractivity (Wildman–Crippen MR) is 103 cm³/mol. The van der Waals surface area contributed by atoms with E-state index < -0.39 is 69.5 Å². The molecule has 31 heavy (non-hydrogen) atoms. The third-order valence-electron chi connectivity index (χ3n) is 6.76. The molecule has 10 heteroatoms. The fraction of sp³-hybridized carbons (Fsp3) is 0.429. The third kappa shape index (κ3) is 2.42. The van der Waals surface area contributed by atoms with Crippen LogP contribution in [0.3, 0.4) is 0 Å². The summed E-state index contributed by atoms with van der Waals surface area (Å²) >= 11 is 0. The average molecular weight is 432 g/mol. The van der Waals surface area contributed by atoms with E-state index in [2.05, 4.69) is 0 Å². The van der Waals surface area contributed by atoms with Crippen molar-refractivity contribution in [3.8, 4) is 5.75 Å². The van der Waals surface area contributed by atoms with Crippen molar-refractivity contribution in [3.63, 3.8) is 0 Å². The minimum Gasteiger partial charge on any atom is -0.508 e. The first-order chi connectivity index (χ1) is 14.4. The van der Waals surface area contributed by atoms with E-state index in [9.17, 15) is 34.5 Å². The highest BCUT2D eigenvalue weighted by molar-refractivity contribution is 6.27. The second-order valence-corrected chi connectivity index (χ2v) is 8.55. The molecular weight excluding hydrogens is 411 g/mol. The molecule has 9 nitrogen and oxygen atoms in total. The number of primary amides is 1. The van der Waals surface area contributed by atoms with Gasteiger partial charge in [0, 0.05) is 11.8 Å². The summed E-state index contributed by atoms with van der Waals surface area (Å²) in [6.45, 7) is 0. The van der Waals surface area contributed by atoms with Gasteiger partial charge in [0.05, 0.1) is 11.6 Å². The molecule has 164 valence electrons. The number of carbonyl (C=O) groups is 4. The Hall–Kier alpha value is -3.11. The first kappa shape index (κ1) is 21.1. The Labute approximate surface area is 175 Å². The average Bonchev–Trinajstić information content (AvgIpc) is 2.67. The Bertz CT molecular complexity index is 1100. The summed E-state index contributed by atoms with van der Waals surface area (Å²) in [4.78, 5) is 52.6. The minimum absolute atomic E-state index is 0.105. The first-order valence-electron chi connectivity index (χ1n) is 9.64. The van der Waals surface area contributed by atoms with Crippen LogP contribution in [0.25, 0.3) is 0 Å². The molecule has 1 aromatic rings. The van der Waals surface area contributed by atoms with Crippen LogP contribution in [0.4, 0.5) is 4.39 Å². The maximum Gasteiger partial charge on any atom is 0.255 e. The Morgan fingerprint density at radius 2 is 1.87 bits per heavy atom. The number of nitrogens with two attached hydrogens (primary N) is 1. The van der Waals surface area contributed by atoms with E-state index in [0.29, 0.717) is 5.56 Å². The third-order valence-corrected chi connectivity index (χ3v) is 6.76. The number of phenolic OH excluding ortho intramolecular Hbond substituents is 1. The number of nitrogens with zero attached hydrogens (tertiary/aromatic N) is 1. The number of amides is 1. The van der Waals surface area contributed by atoms with Gasteiger partial charge in [-0.3, -0.25) is 24.1 Å². The number of benzene rings is 1.